The van der Waals surface area contributed by atoms with Gasteiger partial charge in [-0.2, -0.15) is 13.2 Å². The summed E-state index contributed by atoms with van der Waals surface area (Å²) in [4.78, 5) is 3.87. The average molecular weight is 221 g/mol. The lowest BCUT2D eigenvalue weighted by atomic mass is 10.4. The zero-order valence-corrected chi connectivity index (χ0v) is 8.51. The van der Waals surface area contributed by atoms with Gasteiger partial charge in [-0.25, -0.2) is 4.98 Å². The predicted octanol–water partition coefficient (Wildman–Crippen LogP) is 1.95. The summed E-state index contributed by atoms with van der Waals surface area (Å²) < 4.78 is 37.5. The number of rotatable bonds is 5. The monoisotopic (exact) mass is 221 g/mol. The highest BCUT2D eigenvalue weighted by atomic mass is 19.4. The number of halogens is 3. The van der Waals surface area contributed by atoms with Gasteiger partial charge in [0.05, 0.1) is 6.54 Å². The molecule has 0 aliphatic rings. The standard InChI is InChI=1S/C9H14F3N3/c1-2-3-13-6-8-14-4-5-15(8)7-9(10,11)12/h4-5,13H,2-3,6-7H2,1H3. The molecule has 86 valence electrons. The van der Waals surface area contributed by atoms with Crippen molar-refractivity contribution in [3.63, 3.8) is 0 Å². The van der Waals surface area contributed by atoms with Gasteiger partial charge in [0.2, 0.25) is 0 Å². The van der Waals surface area contributed by atoms with Crippen LogP contribution in [-0.2, 0) is 13.1 Å². The van der Waals surface area contributed by atoms with Crippen LogP contribution in [0.5, 0.6) is 0 Å². The molecule has 1 aromatic heterocycles. The minimum absolute atomic E-state index is 0.372. The molecule has 0 saturated carbocycles. The third kappa shape index (κ3) is 4.33. The van der Waals surface area contributed by atoms with Crippen LogP contribution in [0.4, 0.5) is 13.2 Å². The van der Waals surface area contributed by atoms with Gasteiger partial charge in [-0.3, -0.25) is 0 Å². The van der Waals surface area contributed by atoms with Crippen molar-refractivity contribution in [3.05, 3.63) is 18.2 Å². The SMILES string of the molecule is CCCNCc1nccn1CC(F)(F)F. The Morgan fingerprint density at radius 2 is 2.20 bits per heavy atom. The van der Waals surface area contributed by atoms with E-state index in [1.54, 1.807) is 0 Å². The van der Waals surface area contributed by atoms with E-state index in [4.69, 9.17) is 0 Å². The fourth-order valence-corrected chi connectivity index (χ4v) is 1.22. The van der Waals surface area contributed by atoms with Gasteiger partial charge in [-0.1, -0.05) is 6.92 Å². The molecule has 0 radical (unpaired) electrons. The highest BCUT2D eigenvalue weighted by Crippen LogP contribution is 2.18. The van der Waals surface area contributed by atoms with E-state index in [0.717, 1.165) is 17.5 Å². The van der Waals surface area contributed by atoms with Crippen molar-refractivity contribution in [2.75, 3.05) is 6.54 Å². The van der Waals surface area contributed by atoms with Crippen LogP contribution in [0.2, 0.25) is 0 Å². The van der Waals surface area contributed by atoms with Crippen LogP contribution in [0.3, 0.4) is 0 Å². The van der Waals surface area contributed by atoms with Crippen LogP contribution >= 0.6 is 0 Å². The summed E-state index contributed by atoms with van der Waals surface area (Å²) in [5.41, 5.74) is 0. The Labute approximate surface area is 86.3 Å². The number of aromatic nitrogens is 2. The largest absolute Gasteiger partial charge is 0.406 e. The molecular formula is C9H14F3N3. The van der Waals surface area contributed by atoms with Crippen LogP contribution in [0.15, 0.2) is 12.4 Å². The fraction of sp³-hybridized carbons (Fsp3) is 0.667. The summed E-state index contributed by atoms with van der Waals surface area (Å²) in [5, 5.41) is 3.01. The maximum atomic E-state index is 12.1. The maximum Gasteiger partial charge on any atom is 0.406 e. The second kappa shape index (κ2) is 5.16. The molecule has 1 aromatic rings. The Kier molecular flexibility index (Phi) is 4.14. The second-order valence-corrected chi connectivity index (χ2v) is 3.26. The number of nitrogens with one attached hydrogen (secondary N) is 1. The minimum atomic E-state index is -4.19. The lowest BCUT2D eigenvalue weighted by molar-refractivity contribution is -0.141. The van der Waals surface area contributed by atoms with Crippen LogP contribution < -0.4 is 5.32 Å². The van der Waals surface area contributed by atoms with Gasteiger partial charge in [0.1, 0.15) is 12.4 Å². The first-order chi connectivity index (χ1) is 7.03. The van der Waals surface area contributed by atoms with Crippen molar-refractivity contribution in [2.24, 2.45) is 0 Å². The Bertz CT molecular complexity index is 293. The van der Waals surface area contributed by atoms with Crippen molar-refractivity contribution >= 4 is 0 Å². The van der Waals surface area contributed by atoms with Crippen molar-refractivity contribution in [2.45, 2.75) is 32.6 Å². The molecule has 0 aliphatic heterocycles. The lowest BCUT2D eigenvalue weighted by Gasteiger charge is -2.10. The third-order valence-corrected chi connectivity index (χ3v) is 1.86. The van der Waals surface area contributed by atoms with E-state index >= 15 is 0 Å². The number of nitrogens with zero attached hydrogens (tertiary/aromatic N) is 2. The van der Waals surface area contributed by atoms with Gasteiger partial charge in [0.15, 0.2) is 0 Å². The van der Waals surface area contributed by atoms with Crippen LogP contribution in [0.1, 0.15) is 19.2 Å². The first-order valence-corrected chi connectivity index (χ1v) is 4.80. The van der Waals surface area contributed by atoms with Crippen LogP contribution in [-0.4, -0.2) is 22.3 Å². The van der Waals surface area contributed by atoms with Gasteiger partial charge in [-0.15, -0.1) is 0 Å². The molecule has 0 unspecified atom stereocenters. The predicted molar refractivity (Wildman–Crippen MR) is 50.3 cm³/mol. The first-order valence-electron chi connectivity index (χ1n) is 4.80. The van der Waals surface area contributed by atoms with Crippen LogP contribution in [0.25, 0.3) is 0 Å². The number of alkyl halides is 3. The van der Waals surface area contributed by atoms with Gasteiger partial charge in [-0.05, 0) is 13.0 Å². The molecule has 0 aromatic carbocycles. The maximum absolute atomic E-state index is 12.1. The van der Waals surface area contributed by atoms with Crippen molar-refractivity contribution in [1.29, 1.82) is 0 Å². The molecule has 0 aliphatic carbocycles. The zero-order chi connectivity index (χ0) is 11.3. The van der Waals surface area contributed by atoms with Gasteiger partial charge < -0.3 is 9.88 Å². The number of imidazole rings is 1. The van der Waals surface area contributed by atoms with Crippen molar-refractivity contribution in [3.8, 4) is 0 Å². The number of hydrogen-bond donors (Lipinski definition) is 1. The molecule has 0 fully saturated rings. The highest BCUT2D eigenvalue weighted by molar-refractivity contribution is 4.92. The molecule has 15 heavy (non-hydrogen) atoms. The molecule has 0 spiro atoms. The van der Waals surface area contributed by atoms with E-state index in [0.29, 0.717) is 12.4 Å². The Balaban J connectivity index is 2.53. The summed E-state index contributed by atoms with van der Waals surface area (Å²) >= 11 is 0. The topological polar surface area (TPSA) is 29.9 Å². The first kappa shape index (κ1) is 12.0. The highest BCUT2D eigenvalue weighted by Gasteiger charge is 2.28. The molecule has 0 atom stereocenters. The van der Waals surface area contributed by atoms with Crippen LogP contribution in [0, 0.1) is 0 Å². The van der Waals surface area contributed by atoms with E-state index in [-0.39, 0.29) is 0 Å². The van der Waals surface area contributed by atoms with Gasteiger partial charge in [0.25, 0.3) is 0 Å². The molecule has 1 heterocycles. The van der Waals surface area contributed by atoms with Gasteiger partial charge >= 0.3 is 6.18 Å². The van der Waals surface area contributed by atoms with E-state index in [1.807, 2.05) is 6.92 Å². The molecule has 0 saturated heterocycles. The number of hydrogen-bond acceptors (Lipinski definition) is 2. The van der Waals surface area contributed by atoms with Gasteiger partial charge in [0, 0.05) is 12.4 Å². The van der Waals surface area contributed by atoms with Crippen molar-refractivity contribution in [1.82, 2.24) is 14.9 Å². The molecule has 1 rings (SSSR count). The summed E-state index contributed by atoms with van der Waals surface area (Å²) in [7, 11) is 0. The van der Waals surface area contributed by atoms with E-state index in [1.165, 1.54) is 12.4 Å². The minimum Gasteiger partial charge on any atom is -0.325 e. The van der Waals surface area contributed by atoms with E-state index in [2.05, 4.69) is 10.3 Å². The molecule has 0 amide bonds. The van der Waals surface area contributed by atoms with E-state index in [9.17, 15) is 13.2 Å². The summed E-state index contributed by atoms with van der Waals surface area (Å²) in [6.45, 7) is 2.17. The molecule has 6 heteroatoms. The zero-order valence-electron chi connectivity index (χ0n) is 8.51. The summed E-state index contributed by atoms with van der Waals surface area (Å²) in [6, 6.07) is 0. The summed E-state index contributed by atoms with van der Waals surface area (Å²) in [6.07, 6.45) is -0.522. The lowest BCUT2D eigenvalue weighted by Crippen LogP contribution is -2.22. The second-order valence-electron chi connectivity index (χ2n) is 3.26. The Morgan fingerprint density at radius 1 is 1.47 bits per heavy atom. The molecule has 0 bridgehead atoms. The smallest absolute Gasteiger partial charge is 0.325 e. The van der Waals surface area contributed by atoms with E-state index < -0.39 is 12.7 Å². The quantitative estimate of drug-likeness (QED) is 0.770. The third-order valence-electron chi connectivity index (χ3n) is 1.86. The summed E-state index contributed by atoms with van der Waals surface area (Å²) in [5.74, 6) is 0.417. The molecule has 3 nitrogen and oxygen atoms in total. The Morgan fingerprint density at radius 3 is 2.80 bits per heavy atom. The molecule has 1 N–H and O–H groups in total. The fourth-order valence-electron chi connectivity index (χ4n) is 1.22. The Hall–Kier alpha value is -1.04. The normalized spacial score (nSPS) is 12.0. The molecular weight excluding hydrogens is 207 g/mol. The average Bonchev–Trinajstić information content (AvgIpc) is 2.50. The van der Waals surface area contributed by atoms with Crippen molar-refractivity contribution < 1.29 is 13.2 Å².